The maximum atomic E-state index is 12.9. The van der Waals surface area contributed by atoms with Crippen LogP contribution in [-0.2, 0) is 12.7 Å². The average Bonchev–Trinajstić information content (AvgIpc) is 2.96. The number of nitrogens with zero attached hydrogens (tertiary/aromatic N) is 5. The van der Waals surface area contributed by atoms with E-state index >= 15 is 0 Å². The molecule has 0 amide bonds. The van der Waals surface area contributed by atoms with Gasteiger partial charge in [0.1, 0.15) is 11.6 Å². The summed E-state index contributed by atoms with van der Waals surface area (Å²) in [4.78, 5) is 1.46. The number of alkyl halides is 6. The molecule has 1 aromatic carbocycles. The van der Waals surface area contributed by atoms with Crippen LogP contribution in [0.3, 0.4) is 0 Å². The molecule has 0 unspecified atom stereocenters. The van der Waals surface area contributed by atoms with Crippen molar-refractivity contribution in [3.05, 3.63) is 47.8 Å². The van der Waals surface area contributed by atoms with E-state index in [1.54, 1.807) is 6.07 Å². The second kappa shape index (κ2) is 6.59. The number of hydrogen-bond acceptors (Lipinski definition) is 5. The van der Waals surface area contributed by atoms with Gasteiger partial charge >= 0.3 is 12.5 Å². The lowest BCUT2D eigenvalue weighted by molar-refractivity contribution is -0.274. The van der Waals surface area contributed by atoms with Gasteiger partial charge in [0.15, 0.2) is 5.65 Å². The Labute approximate surface area is 148 Å². The van der Waals surface area contributed by atoms with Crippen LogP contribution >= 0.6 is 0 Å². The van der Waals surface area contributed by atoms with Crippen LogP contribution in [0, 0.1) is 0 Å². The zero-order chi connectivity index (χ0) is 19.8. The first-order valence-corrected chi connectivity index (χ1v) is 7.38. The number of halogens is 6. The molecular formula is C15H11F6N5O. The monoisotopic (exact) mass is 391 g/mol. The van der Waals surface area contributed by atoms with E-state index in [1.807, 2.05) is 0 Å². The van der Waals surface area contributed by atoms with Gasteiger partial charge < -0.3 is 9.64 Å². The number of benzene rings is 1. The summed E-state index contributed by atoms with van der Waals surface area (Å²) >= 11 is 0. The highest BCUT2D eigenvalue weighted by Gasteiger charge is 2.37. The number of anilines is 1. The third kappa shape index (κ3) is 4.38. The molecule has 0 aliphatic heterocycles. The normalized spacial score (nSPS) is 12.4. The summed E-state index contributed by atoms with van der Waals surface area (Å²) in [6, 6.07) is 8.00. The summed E-state index contributed by atoms with van der Waals surface area (Å²) in [5, 5.41) is 10.4. The lowest BCUT2D eigenvalue weighted by atomic mass is 10.2. The van der Waals surface area contributed by atoms with Crippen molar-refractivity contribution in [2.45, 2.75) is 19.1 Å². The van der Waals surface area contributed by atoms with E-state index in [9.17, 15) is 26.3 Å². The molecule has 0 fully saturated rings. The van der Waals surface area contributed by atoms with Gasteiger partial charge in [-0.1, -0.05) is 12.1 Å². The molecule has 0 spiro atoms. The molecular weight excluding hydrogens is 380 g/mol. The van der Waals surface area contributed by atoms with Gasteiger partial charge in [-0.05, 0) is 29.8 Å². The SMILES string of the molecule is CN(Cc1cccc(OC(F)(F)F)c1)c1ccc2nnc(C(F)(F)F)n2n1. The summed E-state index contributed by atoms with van der Waals surface area (Å²) in [5.74, 6) is -1.52. The van der Waals surface area contributed by atoms with Crippen molar-refractivity contribution in [2.75, 3.05) is 11.9 Å². The van der Waals surface area contributed by atoms with Crippen molar-refractivity contribution in [3.63, 3.8) is 0 Å². The quantitative estimate of drug-likeness (QED) is 0.636. The number of ether oxygens (including phenoxy) is 1. The van der Waals surface area contributed by atoms with Crippen LogP contribution in [-0.4, -0.2) is 33.2 Å². The van der Waals surface area contributed by atoms with Crippen LogP contribution in [0.5, 0.6) is 5.75 Å². The number of rotatable bonds is 4. The van der Waals surface area contributed by atoms with Crippen molar-refractivity contribution in [2.24, 2.45) is 0 Å². The standard InChI is InChI=1S/C15H11F6N5O/c1-25(8-9-3-2-4-10(7-9)27-15(19,20)21)12-6-5-11-22-23-13(14(16,17)18)26(11)24-12/h2-7H,8H2,1H3. The molecule has 0 aliphatic carbocycles. The third-order valence-electron chi connectivity index (χ3n) is 3.45. The Balaban J connectivity index is 1.84. The minimum Gasteiger partial charge on any atom is -0.406 e. The first-order valence-electron chi connectivity index (χ1n) is 7.38. The Morgan fingerprint density at radius 1 is 1.04 bits per heavy atom. The molecule has 0 radical (unpaired) electrons. The molecule has 3 rings (SSSR count). The van der Waals surface area contributed by atoms with Gasteiger partial charge in [0.2, 0.25) is 0 Å². The minimum absolute atomic E-state index is 0.0804. The van der Waals surface area contributed by atoms with Gasteiger partial charge in [-0.25, -0.2) is 0 Å². The maximum Gasteiger partial charge on any atom is 0.573 e. The van der Waals surface area contributed by atoms with E-state index in [-0.39, 0.29) is 18.0 Å². The maximum absolute atomic E-state index is 12.9. The van der Waals surface area contributed by atoms with E-state index in [1.165, 1.54) is 36.2 Å². The smallest absolute Gasteiger partial charge is 0.406 e. The molecule has 27 heavy (non-hydrogen) atoms. The van der Waals surface area contributed by atoms with E-state index in [0.717, 1.165) is 6.07 Å². The van der Waals surface area contributed by atoms with Gasteiger partial charge in [0.05, 0.1) is 0 Å². The molecule has 0 aliphatic rings. The Morgan fingerprint density at radius 3 is 2.44 bits per heavy atom. The van der Waals surface area contributed by atoms with Gasteiger partial charge in [-0.15, -0.1) is 28.5 Å². The Bertz CT molecular complexity index is 952. The first kappa shape index (κ1) is 18.7. The number of hydrogen-bond donors (Lipinski definition) is 0. The summed E-state index contributed by atoms with van der Waals surface area (Å²) in [6.07, 6.45) is -9.55. The molecule has 6 nitrogen and oxygen atoms in total. The fourth-order valence-electron chi connectivity index (χ4n) is 2.36. The molecule has 2 heterocycles. The largest absolute Gasteiger partial charge is 0.573 e. The van der Waals surface area contributed by atoms with Crippen LogP contribution < -0.4 is 9.64 Å². The number of fused-ring (bicyclic) bond motifs is 1. The fraction of sp³-hybridized carbons (Fsp3) is 0.267. The predicted molar refractivity (Wildman–Crippen MR) is 81.0 cm³/mol. The van der Waals surface area contributed by atoms with Gasteiger partial charge in [0, 0.05) is 13.6 Å². The van der Waals surface area contributed by atoms with Crippen molar-refractivity contribution < 1.29 is 31.1 Å². The van der Waals surface area contributed by atoms with Crippen molar-refractivity contribution in [1.29, 1.82) is 0 Å². The van der Waals surface area contributed by atoms with Crippen LogP contribution in [0.4, 0.5) is 32.2 Å². The summed E-state index contributed by atoms with van der Waals surface area (Å²) in [7, 11) is 1.53. The Hall–Kier alpha value is -3.05. The zero-order valence-corrected chi connectivity index (χ0v) is 13.6. The summed E-state index contributed by atoms with van der Waals surface area (Å²) in [5.41, 5.74) is 0.362. The lowest BCUT2D eigenvalue weighted by Crippen LogP contribution is -2.20. The van der Waals surface area contributed by atoms with Crippen molar-refractivity contribution in [3.8, 4) is 5.75 Å². The van der Waals surface area contributed by atoms with E-state index in [2.05, 4.69) is 20.0 Å². The van der Waals surface area contributed by atoms with Crippen LogP contribution in [0.1, 0.15) is 11.4 Å². The Kier molecular flexibility index (Phi) is 4.57. The molecule has 0 N–H and O–H groups in total. The van der Waals surface area contributed by atoms with Crippen LogP contribution in [0.15, 0.2) is 36.4 Å². The van der Waals surface area contributed by atoms with Gasteiger partial charge in [-0.3, -0.25) is 0 Å². The fourth-order valence-corrected chi connectivity index (χ4v) is 2.36. The summed E-state index contributed by atoms with van der Waals surface area (Å²) in [6.45, 7) is 0.0804. The second-order valence-corrected chi connectivity index (χ2v) is 5.53. The van der Waals surface area contributed by atoms with E-state index in [0.29, 0.717) is 10.1 Å². The molecule has 2 aromatic heterocycles. The van der Waals surface area contributed by atoms with Crippen molar-refractivity contribution in [1.82, 2.24) is 19.8 Å². The average molecular weight is 391 g/mol. The highest BCUT2D eigenvalue weighted by atomic mass is 19.4. The predicted octanol–water partition coefficient (Wildman–Crippen LogP) is 3.68. The third-order valence-corrected chi connectivity index (χ3v) is 3.45. The van der Waals surface area contributed by atoms with Gasteiger partial charge in [-0.2, -0.15) is 17.7 Å². The first-order chi connectivity index (χ1) is 12.5. The second-order valence-electron chi connectivity index (χ2n) is 5.53. The zero-order valence-electron chi connectivity index (χ0n) is 13.6. The molecule has 0 atom stereocenters. The molecule has 0 bridgehead atoms. The number of aromatic nitrogens is 4. The van der Waals surface area contributed by atoms with Crippen LogP contribution in [0.25, 0.3) is 5.65 Å². The van der Waals surface area contributed by atoms with Crippen molar-refractivity contribution >= 4 is 11.5 Å². The van der Waals surface area contributed by atoms with Gasteiger partial charge in [0.25, 0.3) is 5.82 Å². The topological polar surface area (TPSA) is 55.5 Å². The summed E-state index contributed by atoms with van der Waals surface area (Å²) < 4.78 is 80.1. The molecule has 0 saturated heterocycles. The minimum atomic E-state index is -4.82. The molecule has 144 valence electrons. The lowest BCUT2D eigenvalue weighted by Gasteiger charge is -2.19. The molecule has 3 aromatic rings. The highest BCUT2D eigenvalue weighted by Crippen LogP contribution is 2.28. The van der Waals surface area contributed by atoms with E-state index < -0.39 is 24.1 Å². The van der Waals surface area contributed by atoms with Crippen LogP contribution in [0.2, 0.25) is 0 Å². The highest BCUT2D eigenvalue weighted by molar-refractivity contribution is 5.46. The molecule has 12 heteroatoms. The molecule has 0 saturated carbocycles. The Morgan fingerprint density at radius 2 is 1.78 bits per heavy atom. The van der Waals surface area contributed by atoms with E-state index in [4.69, 9.17) is 0 Å².